The molecule has 3 aromatic rings. The Morgan fingerprint density at radius 2 is 1.69 bits per heavy atom. The van der Waals surface area contributed by atoms with E-state index in [1.807, 2.05) is 24.3 Å². The first-order chi connectivity index (χ1) is 23.5. The maximum absolute atomic E-state index is 10.5. The third kappa shape index (κ3) is 11.2. The van der Waals surface area contributed by atoms with Crippen LogP contribution in [0.4, 0.5) is 18.3 Å². The maximum atomic E-state index is 10.5. The van der Waals surface area contributed by atoms with E-state index in [9.17, 15) is 13.2 Å². The Morgan fingerprint density at radius 1 is 1.02 bits per heavy atom. The SMILES string of the molecule is Clc1ccc(CN2CCC([N-]CCCCOc3ccc(-c4csc(N5CCC6(CC5)OCCO6)n4)cc3)CC2)cc1Cl.O=C([O-])C(F)(F)F. The number of benzene rings is 2. The minimum Gasteiger partial charge on any atom is -0.659 e. The molecule has 49 heavy (non-hydrogen) atoms. The van der Waals surface area contributed by atoms with E-state index in [0.717, 1.165) is 99.9 Å². The quantitative estimate of drug-likeness (QED) is 0.195. The molecule has 0 bridgehead atoms. The Morgan fingerprint density at radius 3 is 2.33 bits per heavy atom. The van der Waals surface area contributed by atoms with E-state index in [4.69, 9.17) is 57.6 Å². The monoisotopic (exact) mass is 742 g/mol. The number of hydrogen-bond acceptors (Lipinski definition) is 9. The average Bonchev–Trinajstić information content (AvgIpc) is 3.76. The van der Waals surface area contributed by atoms with Gasteiger partial charge in [0.05, 0.1) is 35.6 Å². The Kier molecular flexibility index (Phi) is 13.4. The van der Waals surface area contributed by atoms with Gasteiger partial charge >= 0.3 is 6.18 Å². The predicted octanol–water partition coefficient (Wildman–Crippen LogP) is 6.96. The van der Waals surface area contributed by atoms with Crippen LogP contribution in [-0.4, -0.2) is 86.4 Å². The van der Waals surface area contributed by atoms with Gasteiger partial charge < -0.3 is 34.3 Å². The highest BCUT2D eigenvalue weighted by Gasteiger charge is 2.40. The van der Waals surface area contributed by atoms with Crippen molar-refractivity contribution in [1.29, 1.82) is 0 Å². The fourth-order valence-corrected chi connectivity index (χ4v) is 7.13. The third-order valence-corrected chi connectivity index (χ3v) is 10.3. The molecule has 3 saturated heterocycles. The van der Waals surface area contributed by atoms with Crippen molar-refractivity contribution in [2.45, 2.75) is 63.1 Å². The molecule has 3 aliphatic heterocycles. The zero-order chi connectivity index (χ0) is 34.9. The summed E-state index contributed by atoms with van der Waals surface area (Å²) < 4.78 is 49.3. The molecule has 3 aliphatic rings. The number of likely N-dealkylation sites (tertiary alicyclic amines) is 1. The van der Waals surface area contributed by atoms with Gasteiger partial charge in [-0.2, -0.15) is 13.2 Å². The molecule has 1 spiro atoms. The second-order valence-corrected chi connectivity index (χ2v) is 13.8. The number of alkyl halides is 3. The number of aliphatic carboxylic acids is 1. The van der Waals surface area contributed by atoms with Gasteiger partial charge in [0.1, 0.15) is 11.7 Å². The van der Waals surface area contributed by atoms with Crippen molar-refractivity contribution in [2.24, 2.45) is 0 Å². The van der Waals surface area contributed by atoms with E-state index in [1.54, 1.807) is 11.3 Å². The Balaban J connectivity index is 0.000000606. The van der Waals surface area contributed by atoms with Gasteiger partial charge in [0.25, 0.3) is 0 Å². The van der Waals surface area contributed by atoms with E-state index >= 15 is 0 Å². The number of carbonyl (C=O) groups excluding carboxylic acids is 1. The highest BCUT2D eigenvalue weighted by atomic mass is 35.5. The molecular formula is C34H39Cl2F3N4O5S-2. The van der Waals surface area contributed by atoms with E-state index in [0.29, 0.717) is 35.9 Å². The van der Waals surface area contributed by atoms with Crippen molar-refractivity contribution in [3.05, 3.63) is 68.8 Å². The van der Waals surface area contributed by atoms with Gasteiger partial charge in [0.2, 0.25) is 0 Å². The van der Waals surface area contributed by atoms with E-state index in [-0.39, 0.29) is 5.79 Å². The van der Waals surface area contributed by atoms with E-state index in [2.05, 4.69) is 33.4 Å². The molecule has 0 saturated carbocycles. The normalized spacial score (nSPS) is 18.3. The van der Waals surface area contributed by atoms with Crippen LogP contribution in [0.1, 0.15) is 44.1 Å². The minimum atomic E-state index is -5.19. The van der Waals surface area contributed by atoms with Crippen molar-refractivity contribution in [2.75, 3.05) is 57.4 Å². The second kappa shape index (κ2) is 17.5. The number of anilines is 1. The molecule has 0 unspecified atom stereocenters. The summed E-state index contributed by atoms with van der Waals surface area (Å²) in [6.45, 7) is 7.91. The molecule has 0 radical (unpaired) electrons. The Labute approximate surface area is 298 Å². The summed E-state index contributed by atoms with van der Waals surface area (Å²) in [5, 5.41) is 18.2. The van der Waals surface area contributed by atoms with Gasteiger partial charge in [0.15, 0.2) is 10.9 Å². The molecule has 4 heterocycles. The number of halogens is 5. The summed E-state index contributed by atoms with van der Waals surface area (Å²) in [7, 11) is 0. The molecule has 9 nitrogen and oxygen atoms in total. The fraction of sp³-hybridized carbons (Fsp3) is 0.529. The van der Waals surface area contributed by atoms with Crippen molar-refractivity contribution in [3.63, 3.8) is 0 Å². The highest BCUT2D eigenvalue weighted by molar-refractivity contribution is 7.14. The second-order valence-electron chi connectivity index (χ2n) is 12.1. The largest absolute Gasteiger partial charge is 0.659 e. The van der Waals surface area contributed by atoms with Crippen LogP contribution in [-0.2, 0) is 20.8 Å². The number of hydrogen-bond donors (Lipinski definition) is 0. The molecular weight excluding hydrogens is 704 g/mol. The fourth-order valence-electron chi connectivity index (χ4n) is 5.92. The number of thiazole rings is 1. The molecule has 0 amide bonds. The molecule has 1 aromatic heterocycles. The topological polar surface area (TPSA) is 101 Å². The lowest BCUT2D eigenvalue weighted by molar-refractivity contribution is -0.344. The summed E-state index contributed by atoms with van der Waals surface area (Å²) in [5.41, 5.74) is 3.34. The van der Waals surface area contributed by atoms with Crippen LogP contribution in [0.2, 0.25) is 10.0 Å². The first-order valence-electron chi connectivity index (χ1n) is 16.3. The number of carbonyl (C=O) groups is 1. The van der Waals surface area contributed by atoms with Crippen LogP contribution in [0.5, 0.6) is 5.75 Å². The molecule has 0 aliphatic carbocycles. The van der Waals surface area contributed by atoms with Crippen LogP contribution in [0, 0.1) is 0 Å². The van der Waals surface area contributed by atoms with Crippen molar-refractivity contribution in [3.8, 4) is 17.0 Å². The number of carboxylic acids is 1. The molecule has 2 aromatic carbocycles. The molecule has 15 heteroatoms. The van der Waals surface area contributed by atoms with Crippen LogP contribution in [0.3, 0.4) is 0 Å². The summed E-state index contributed by atoms with van der Waals surface area (Å²) in [6.07, 6.45) is 0.886. The van der Waals surface area contributed by atoms with Gasteiger partial charge in [-0.3, -0.25) is 4.90 Å². The predicted molar refractivity (Wildman–Crippen MR) is 182 cm³/mol. The zero-order valence-electron chi connectivity index (χ0n) is 26.9. The van der Waals surface area contributed by atoms with Gasteiger partial charge in [-0.05, 0) is 61.5 Å². The summed E-state index contributed by atoms with van der Waals surface area (Å²) in [6, 6.07) is 14.7. The molecule has 0 atom stereocenters. The first-order valence-corrected chi connectivity index (χ1v) is 18.0. The number of nitrogens with zero attached hydrogens (tertiary/aromatic N) is 4. The van der Waals surface area contributed by atoms with E-state index < -0.39 is 12.1 Å². The third-order valence-electron chi connectivity index (χ3n) is 8.64. The van der Waals surface area contributed by atoms with Gasteiger partial charge in [0, 0.05) is 43.4 Å². The summed E-state index contributed by atoms with van der Waals surface area (Å²) >= 11 is 13.9. The number of ether oxygens (including phenoxy) is 3. The molecule has 6 rings (SSSR count). The number of carboxylic acid groups (broad SMARTS) is 1. The standard InChI is InChI=1S/C32H39Cl2N4O3S.C2HF3O2/c33-28-8-3-24(21-29(28)34)22-37-14-9-26(10-15-37)35-13-1-2-18-39-27-6-4-25(5-7-27)30-23-42-31(36-30)38-16-11-32(12-17-38)40-19-20-41-32;3-2(4,5)1(6)7/h3-8,21,23,26H,1-2,9-20,22H2;(H,6,7)/q-1;/p-1. The van der Waals surface area contributed by atoms with Gasteiger partial charge in [-0.1, -0.05) is 48.5 Å². The Hall–Kier alpha value is -2.65. The van der Waals surface area contributed by atoms with Crippen LogP contribution in [0.25, 0.3) is 16.6 Å². The van der Waals surface area contributed by atoms with Crippen LogP contribution in [0.15, 0.2) is 47.8 Å². The minimum absolute atomic E-state index is 0.352. The summed E-state index contributed by atoms with van der Waals surface area (Å²) in [4.78, 5) is 18.5. The number of aromatic nitrogens is 1. The van der Waals surface area contributed by atoms with Crippen molar-refractivity contribution < 1.29 is 37.3 Å². The maximum Gasteiger partial charge on any atom is 0.430 e. The number of rotatable bonds is 11. The van der Waals surface area contributed by atoms with Crippen LogP contribution >= 0.6 is 34.5 Å². The lowest BCUT2D eigenvalue weighted by atomic mass is 10.0. The lowest BCUT2D eigenvalue weighted by Gasteiger charge is -2.40. The van der Waals surface area contributed by atoms with Crippen molar-refractivity contribution >= 4 is 45.6 Å². The zero-order valence-corrected chi connectivity index (χ0v) is 29.3. The van der Waals surface area contributed by atoms with Crippen LogP contribution < -0.4 is 14.7 Å². The molecule has 0 N–H and O–H groups in total. The molecule has 3 fully saturated rings. The summed E-state index contributed by atoms with van der Waals surface area (Å²) in [5.74, 6) is -2.46. The lowest BCUT2D eigenvalue weighted by Crippen LogP contribution is -2.45. The average molecular weight is 744 g/mol. The molecule has 268 valence electrons. The number of unbranched alkanes of at least 4 members (excludes halogenated alkanes) is 1. The number of piperidine rings is 2. The smallest absolute Gasteiger partial charge is 0.430 e. The first kappa shape index (κ1) is 37.6. The van der Waals surface area contributed by atoms with Gasteiger partial charge in [-0.25, -0.2) is 4.98 Å². The highest BCUT2D eigenvalue weighted by Crippen LogP contribution is 2.35. The van der Waals surface area contributed by atoms with Crippen molar-refractivity contribution in [1.82, 2.24) is 9.88 Å². The van der Waals surface area contributed by atoms with Gasteiger partial charge in [-0.15, -0.1) is 23.9 Å². The Bertz CT molecular complexity index is 1490. The van der Waals surface area contributed by atoms with E-state index in [1.165, 1.54) is 5.56 Å².